The number of hydrogen-bond acceptors (Lipinski definition) is 10. The van der Waals surface area contributed by atoms with Gasteiger partial charge in [-0.15, -0.1) is 0 Å². The Morgan fingerprint density at radius 2 is 0.881 bits per heavy atom. The van der Waals surface area contributed by atoms with E-state index in [-0.39, 0.29) is 34.3 Å². The number of nitriles is 4. The van der Waals surface area contributed by atoms with Gasteiger partial charge in [-0.05, 0) is 12.1 Å². The average molecular weight is 540 g/mol. The van der Waals surface area contributed by atoms with Gasteiger partial charge < -0.3 is 0 Å². The highest BCUT2D eigenvalue weighted by Gasteiger charge is 2.31. The number of aliphatic imine (C=N–C) groups is 1. The van der Waals surface area contributed by atoms with Gasteiger partial charge in [0.05, 0.1) is 11.4 Å². The number of aromatic nitrogens is 4. The van der Waals surface area contributed by atoms with Crippen LogP contribution in [0.15, 0.2) is 83.9 Å². The number of benzene rings is 3. The van der Waals surface area contributed by atoms with Crippen LogP contribution in [0.25, 0.3) is 22.5 Å². The second kappa shape index (κ2) is 10.4. The molecule has 0 saturated heterocycles. The molecule has 0 radical (unpaired) electrons. The Morgan fingerprint density at radius 1 is 0.476 bits per heavy atom. The molecule has 42 heavy (non-hydrogen) atoms. The number of rotatable bonds is 1. The Morgan fingerprint density at radius 3 is 1.43 bits per heavy atom. The molecule has 2 aromatic heterocycles. The summed E-state index contributed by atoms with van der Waals surface area (Å²) in [6, 6.07) is 31.6. The Balaban J connectivity index is 0.000000157. The highest BCUT2D eigenvalue weighted by Crippen LogP contribution is 2.36. The molecule has 192 valence electrons. The fraction of sp³-hybridized carbons (Fsp3) is 0. The molecule has 2 heterocycles. The minimum Gasteiger partial charge on any atom is -0.287 e. The van der Waals surface area contributed by atoms with Crippen LogP contribution in [-0.2, 0) is 0 Å². The number of carbonyl (C=O) groups is 1. The predicted molar refractivity (Wildman–Crippen MR) is 149 cm³/mol. The fourth-order valence-corrected chi connectivity index (χ4v) is 4.67. The first-order valence-electron chi connectivity index (χ1n) is 12.4. The molecular weight excluding hydrogens is 526 g/mol. The van der Waals surface area contributed by atoms with Crippen LogP contribution in [0.5, 0.6) is 0 Å². The lowest BCUT2D eigenvalue weighted by molar-refractivity contribution is 0.103. The number of carbonyl (C=O) groups excluding carboxylic acids is 1. The summed E-state index contributed by atoms with van der Waals surface area (Å²) < 4.78 is 0. The number of nitrogens with zero attached hydrogens (tertiary/aromatic N) is 9. The molecule has 10 nitrogen and oxygen atoms in total. The van der Waals surface area contributed by atoms with E-state index in [2.05, 4.69) is 19.9 Å². The highest BCUT2D eigenvalue weighted by molar-refractivity contribution is 6.23. The lowest BCUT2D eigenvalue weighted by Gasteiger charge is -2.02. The van der Waals surface area contributed by atoms with E-state index in [9.17, 15) is 15.3 Å². The van der Waals surface area contributed by atoms with Crippen LogP contribution < -0.4 is 0 Å². The normalized spacial score (nSPS) is 12.3. The van der Waals surface area contributed by atoms with E-state index in [0.29, 0.717) is 33.9 Å². The standard InChI is InChI=1S/C19H9N5.C13H4N4O/c20-10-15-16(11-21)24-19-17(22-12-6-2-1-3-7-12)13-8-4-5-9-14(13)18(19)23-15;14-5-9-10(6-15)17-12-11(16-9)7-3-1-2-4-8(7)13(12)18/h1-9H;1-4H. The van der Waals surface area contributed by atoms with Gasteiger partial charge in [0.1, 0.15) is 47.1 Å². The molecule has 5 aromatic rings. The summed E-state index contributed by atoms with van der Waals surface area (Å²) >= 11 is 0. The topological polar surface area (TPSA) is 176 Å². The van der Waals surface area contributed by atoms with Crippen molar-refractivity contribution < 1.29 is 4.79 Å². The third-order valence-corrected chi connectivity index (χ3v) is 6.52. The van der Waals surface area contributed by atoms with Gasteiger partial charge >= 0.3 is 0 Å². The molecule has 0 unspecified atom stereocenters. The first-order chi connectivity index (χ1) is 20.6. The van der Waals surface area contributed by atoms with Crippen LogP contribution in [0.2, 0.25) is 0 Å². The van der Waals surface area contributed by atoms with E-state index in [1.807, 2.05) is 72.8 Å². The van der Waals surface area contributed by atoms with E-state index in [4.69, 9.17) is 15.5 Å². The quantitative estimate of drug-likeness (QED) is 0.283. The van der Waals surface area contributed by atoms with Crippen LogP contribution >= 0.6 is 0 Å². The Bertz CT molecular complexity index is 2160. The maximum absolute atomic E-state index is 12.1. The molecule has 7 rings (SSSR count). The monoisotopic (exact) mass is 539 g/mol. The second-order valence-corrected chi connectivity index (χ2v) is 8.90. The van der Waals surface area contributed by atoms with E-state index < -0.39 is 0 Å². The van der Waals surface area contributed by atoms with Gasteiger partial charge in [0, 0.05) is 22.3 Å². The highest BCUT2D eigenvalue weighted by atomic mass is 16.1. The van der Waals surface area contributed by atoms with Crippen molar-refractivity contribution in [2.24, 2.45) is 4.99 Å². The molecule has 0 saturated carbocycles. The Labute approximate surface area is 238 Å². The van der Waals surface area contributed by atoms with E-state index in [0.717, 1.165) is 16.8 Å². The van der Waals surface area contributed by atoms with E-state index >= 15 is 0 Å². The summed E-state index contributed by atoms with van der Waals surface area (Å²) in [4.78, 5) is 33.5. The van der Waals surface area contributed by atoms with Crippen LogP contribution in [0.4, 0.5) is 5.69 Å². The largest absolute Gasteiger partial charge is 0.287 e. The van der Waals surface area contributed by atoms with Gasteiger partial charge in [0.2, 0.25) is 5.78 Å². The van der Waals surface area contributed by atoms with Crippen molar-refractivity contribution in [1.29, 1.82) is 21.0 Å². The van der Waals surface area contributed by atoms with Gasteiger partial charge in [-0.25, -0.2) is 24.9 Å². The maximum Gasteiger partial charge on any atom is 0.214 e. The van der Waals surface area contributed by atoms with Gasteiger partial charge in [-0.2, -0.15) is 21.0 Å². The molecule has 0 spiro atoms. The van der Waals surface area contributed by atoms with Gasteiger partial charge in [-0.1, -0.05) is 66.7 Å². The van der Waals surface area contributed by atoms with Crippen molar-refractivity contribution in [2.45, 2.75) is 0 Å². The maximum atomic E-state index is 12.1. The first-order valence-corrected chi connectivity index (χ1v) is 12.4. The lowest BCUT2D eigenvalue weighted by Crippen LogP contribution is -2.05. The van der Waals surface area contributed by atoms with E-state index in [1.54, 1.807) is 30.3 Å². The molecular formula is C32H13N9O. The molecule has 0 fully saturated rings. The third-order valence-electron chi connectivity index (χ3n) is 6.52. The van der Waals surface area contributed by atoms with Crippen LogP contribution in [0.3, 0.4) is 0 Å². The summed E-state index contributed by atoms with van der Waals surface area (Å²) in [7, 11) is 0. The molecule has 0 aliphatic heterocycles. The van der Waals surface area contributed by atoms with Crippen molar-refractivity contribution >= 4 is 17.2 Å². The van der Waals surface area contributed by atoms with Crippen molar-refractivity contribution in [1.82, 2.24) is 19.9 Å². The van der Waals surface area contributed by atoms with Crippen molar-refractivity contribution in [3.05, 3.63) is 124 Å². The van der Waals surface area contributed by atoms with Gasteiger partial charge in [0.15, 0.2) is 22.8 Å². The number of fused-ring (bicyclic) bond motifs is 6. The predicted octanol–water partition coefficient (Wildman–Crippen LogP) is 4.80. The number of hydrogen-bond donors (Lipinski definition) is 0. The number of ketones is 1. The molecule has 10 heteroatoms. The SMILES string of the molecule is N#Cc1nc2c(nc1C#N)-c1ccccc1C2=Nc1ccccc1.N#Cc1nc2c(nc1C#N)-c1ccccc1C2=O. The Kier molecular flexibility index (Phi) is 6.26. The summed E-state index contributed by atoms with van der Waals surface area (Å²) in [5.41, 5.74) is 5.93. The summed E-state index contributed by atoms with van der Waals surface area (Å²) in [6.45, 7) is 0. The zero-order valence-electron chi connectivity index (χ0n) is 21.4. The van der Waals surface area contributed by atoms with Crippen molar-refractivity contribution in [3.63, 3.8) is 0 Å². The van der Waals surface area contributed by atoms with Crippen molar-refractivity contribution in [2.75, 3.05) is 0 Å². The third kappa shape index (κ3) is 4.12. The minimum atomic E-state index is -0.255. The second-order valence-electron chi connectivity index (χ2n) is 8.90. The zero-order chi connectivity index (χ0) is 29.2. The van der Waals surface area contributed by atoms with Crippen LogP contribution in [0.1, 0.15) is 50.1 Å². The molecule has 2 aliphatic carbocycles. The summed E-state index contributed by atoms with van der Waals surface area (Å²) in [5, 5.41) is 36.2. The zero-order valence-corrected chi connectivity index (χ0v) is 21.4. The van der Waals surface area contributed by atoms with Gasteiger partial charge in [0.25, 0.3) is 0 Å². The number of para-hydroxylation sites is 1. The van der Waals surface area contributed by atoms with Crippen LogP contribution in [0, 0.1) is 45.3 Å². The average Bonchev–Trinajstić information content (AvgIpc) is 3.50. The molecule has 2 aliphatic rings. The van der Waals surface area contributed by atoms with Gasteiger partial charge in [-0.3, -0.25) is 4.79 Å². The minimum absolute atomic E-state index is 0.0183. The summed E-state index contributed by atoms with van der Waals surface area (Å²) in [5.74, 6) is -0.255. The molecule has 0 bridgehead atoms. The molecule has 0 N–H and O–H groups in total. The van der Waals surface area contributed by atoms with Crippen LogP contribution in [-0.4, -0.2) is 31.4 Å². The Hall–Kier alpha value is -6.88. The first kappa shape index (κ1) is 25.4. The fourth-order valence-electron chi connectivity index (χ4n) is 4.67. The molecule has 0 atom stereocenters. The van der Waals surface area contributed by atoms with Crippen molar-refractivity contribution in [3.8, 4) is 46.8 Å². The molecule has 0 amide bonds. The van der Waals surface area contributed by atoms with E-state index in [1.165, 1.54) is 0 Å². The molecule has 3 aromatic carbocycles. The summed E-state index contributed by atoms with van der Waals surface area (Å²) in [6.07, 6.45) is 0. The smallest absolute Gasteiger partial charge is 0.214 e. The lowest BCUT2D eigenvalue weighted by atomic mass is 10.1.